The van der Waals surface area contributed by atoms with E-state index in [1.807, 2.05) is 40.9 Å². The fraction of sp³-hybridized carbons (Fsp3) is 0.312. The summed E-state index contributed by atoms with van der Waals surface area (Å²) in [5.74, 6) is 3.22. The van der Waals surface area contributed by atoms with Crippen LogP contribution in [0.1, 0.15) is 24.6 Å². The molecule has 1 N–H and O–H groups in total. The molecule has 0 atom stereocenters. The lowest BCUT2D eigenvalue weighted by molar-refractivity contribution is 0.333. The Hall–Kier alpha value is -2.63. The van der Waals surface area contributed by atoms with E-state index in [0.29, 0.717) is 19.1 Å². The van der Waals surface area contributed by atoms with E-state index >= 15 is 0 Å². The summed E-state index contributed by atoms with van der Waals surface area (Å²) >= 11 is 0. The fourth-order valence-electron chi connectivity index (χ4n) is 2.44. The van der Waals surface area contributed by atoms with Crippen LogP contribution >= 0.6 is 0 Å². The van der Waals surface area contributed by atoms with Crippen molar-refractivity contribution in [3.63, 3.8) is 0 Å². The van der Waals surface area contributed by atoms with Gasteiger partial charge < -0.3 is 10.1 Å². The van der Waals surface area contributed by atoms with Crippen molar-refractivity contribution in [3.05, 3.63) is 48.5 Å². The Balaban J connectivity index is 1.41. The molecule has 0 spiro atoms. The minimum absolute atomic E-state index is 0.562. The first-order valence-electron chi connectivity index (χ1n) is 7.53. The maximum Gasteiger partial charge on any atom is 0.203 e. The SMILES string of the molecule is c1ccc(OCCNc2nccn3c(C4CC4)nnc23)cc1. The number of hydrogen-bond donors (Lipinski definition) is 1. The van der Waals surface area contributed by atoms with Crippen molar-refractivity contribution in [1.82, 2.24) is 19.6 Å². The van der Waals surface area contributed by atoms with E-state index in [1.54, 1.807) is 6.20 Å². The van der Waals surface area contributed by atoms with Gasteiger partial charge in [-0.05, 0) is 25.0 Å². The van der Waals surface area contributed by atoms with Gasteiger partial charge in [-0.15, -0.1) is 10.2 Å². The molecule has 1 fully saturated rings. The Bertz CT molecular complexity index is 767. The van der Waals surface area contributed by atoms with E-state index < -0.39 is 0 Å². The second-order valence-electron chi connectivity index (χ2n) is 5.39. The third-order valence-corrected chi connectivity index (χ3v) is 3.70. The minimum atomic E-state index is 0.562. The molecule has 6 heteroatoms. The first kappa shape index (κ1) is 13.1. The molecule has 1 aliphatic rings. The molecule has 0 saturated heterocycles. The van der Waals surface area contributed by atoms with Crippen molar-refractivity contribution in [3.8, 4) is 5.75 Å². The van der Waals surface area contributed by atoms with Crippen LogP contribution in [-0.2, 0) is 0 Å². The second-order valence-corrected chi connectivity index (χ2v) is 5.39. The Kier molecular flexibility index (Phi) is 3.34. The van der Waals surface area contributed by atoms with Crippen LogP contribution < -0.4 is 10.1 Å². The molecule has 3 aromatic rings. The van der Waals surface area contributed by atoms with Gasteiger partial charge in [-0.3, -0.25) is 4.40 Å². The predicted octanol–water partition coefficient (Wildman–Crippen LogP) is 2.49. The van der Waals surface area contributed by atoms with Crippen molar-refractivity contribution >= 4 is 11.5 Å². The number of aromatic nitrogens is 4. The number of rotatable bonds is 6. The summed E-state index contributed by atoms with van der Waals surface area (Å²) in [6, 6.07) is 9.78. The third kappa shape index (κ3) is 2.59. The number of nitrogens with zero attached hydrogens (tertiary/aromatic N) is 4. The molecule has 0 radical (unpaired) electrons. The van der Waals surface area contributed by atoms with Crippen LogP contribution in [0.5, 0.6) is 5.75 Å². The quantitative estimate of drug-likeness (QED) is 0.708. The lowest BCUT2D eigenvalue weighted by atomic mass is 10.3. The van der Waals surface area contributed by atoms with E-state index in [9.17, 15) is 0 Å². The summed E-state index contributed by atoms with van der Waals surface area (Å²) in [5.41, 5.74) is 0.782. The summed E-state index contributed by atoms with van der Waals surface area (Å²) in [6.07, 6.45) is 6.12. The van der Waals surface area contributed by atoms with Crippen molar-refractivity contribution in [2.24, 2.45) is 0 Å². The Morgan fingerprint density at radius 2 is 2.05 bits per heavy atom. The minimum Gasteiger partial charge on any atom is -0.492 e. The zero-order valence-corrected chi connectivity index (χ0v) is 12.1. The standard InChI is InChI=1S/C16H17N5O/c1-2-4-13(5-3-1)22-11-9-18-14-16-20-19-15(12-6-7-12)21(16)10-8-17-14/h1-5,8,10,12H,6-7,9,11H2,(H,17,18). The topological polar surface area (TPSA) is 64.3 Å². The van der Waals surface area contributed by atoms with Gasteiger partial charge in [0, 0.05) is 18.3 Å². The normalized spacial score (nSPS) is 14.2. The summed E-state index contributed by atoms with van der Waals surface area (Å²) in [7, 11) is 0. The highest BCUT2D eigenvalue weighted by Crippen LogP contribution is 2.39. The van der Waals surface area contributed by atoms with Crippen LogP contribution in [0.2, 0.25) is 0 Å². The number of nitrogens with one attached hydrogen (secondary N) is 1. The largest absolute Gasteiger partial charge is 0.492 e. The van der Waals surface area contributed by atoms with Gasteiger partial charge in [0.05, 0.1) is 6.54 Å². The molecule has 2 heterocycles. The second kappa shape index (κ2) is 5.63. The van der Waals surface area contributed by atoms with Crippen LogP contribution in [0.4, 0.5) is 5.82 Å². The van der Waals surface area contributed by atoms with Gasteiger partial charge in [0.2, 0.25) is 5.65 Å². The van der Waals surface area contributed by atoms with Gasteiger partial charge in [-0.25, -0.2) is 4.98 Å². The van der Waals surface area contributed by atoms with E-state index in [1.165, 1.54) is 12.8 Å². The van der Waals surface area contributed by atoms with E-state index in [4.69, 9.17) is 4.74 Å². The fourth-order valence-corrected chi connectivity index (χ4v) is 2.44. The highest BCUT2D eigenvalue weighted by atomic mass is 16.5. The van der Waals surface area contributed by atoms with E-state index in [-0.39, 0.29) is 0 Å². The molecule has 2 aromatic heterocycles. The van der Waals surface area contributed by atoms with Crippen molar-refractivity contribution in [2.75, 3.05) is 18.5 Å². The maximum atomic E-state index is 5.66. The number of benzene rings is 1. The molecular formula is C16H17N5O. The van der Waals surface area contributed by atoms with Gasteiger partial charge in [-0.1, -0.05) is 18.2 Å². The first-order chi connectivity index (χ1) is 10.9. The average Bonchev–Trinajstić information content (AvgIpc) is 3.32. The zero-order valence-electron chi connectivity index (χ0n) is 12.1. The van der Waals surface area contributed by atoms with Crippen molar-refractivity contribution in [2.45, 2.75) is 18.8 Å². The molecule has 1 aliphatic carbocycles. The summed E-state index contributed by atoms with van der Waals surface area (Å²) in [5, 5.41) is 11.8. The summed E-state index contributed by atoms with van der Waals surface area (Å²) in [6.45, 7) is 1.23. The molecule has 112 valence electrons. The number of fused-ring (bicyclic) bond motifs is 1. The zero-order chi connectivity index (χ0) is 14.8. The highest BCUT2D eigenvalue weighted by molar-refractivity contribution is 5.62. The molecule has 1 saturated carbocycles. The van der Waals surface area contributed by atoms with E-state index in [2.05, 4.69) is 20.5 Å². The van der Waals surface area contributed by atoms with Gasteiger partial charge in [0.25, 0.3) is 0 Å². The van der Waals surface area contributed by atoms with Crippen LogP contribution in [-0.4, -0.2) is 32.7 Å². The van der Waals surface area contributed by atoms with Crippen LogP contribution in [0.3, 0.4) is 0 Å². The molecule has 0 aliphatic heterocycles. The Labute approximate surface area is 128 Å². The van der Waals surface area contributed by atoms with Crippen LogP contribution in [0.15, 0.2) is 42.7 Å². The smallest absolute Gasteiger partial charge is 0.203 e. The Morgan fingerprint density at radius 3 is 2.86 bits per heavy atom. The number of hydrogen-bond acceptors (Lipinski definition) is 5. The maximum absolute atomic E-state index is 5.66. The summed E-state index contributed by atoms with van der Waals surface area (Å²) < 4.78 is 7.69. The molecule has 4 rings (SSSR count). The van der Waals surface area contributed by atoms with Gasteiger partial charge in [0.15, 0.2) is 5.82 Å². The molecule has 0 unspecified atom stereocenters. The molecule has 6 nitrogen and oxygen atoms in total. The highest BCUT2D eigenvalue weighted by Gasteiger charge is 2.29. The Morgan fingerprint density at radius 1 is 1.18 bits per heavy atom. The lowest BCUT2D eigenvalue weighted by Gasteiger charge is -2.08. The first-order valence-corrected chi connectivity index (χ1v) is 7.53. The molecule has 1 aromatic carbocycles. The predicted molar refractivity (Wildman–Crippen MR) is 83.2 cm³/mol. The number of ether oxygens (including phenoxy) is 1. The molecule has 0 bridgehead atoms. The monoisotopic (exact) mass is 295 g/mol. The van der Waals surface area contributed by atoms with Crippen molar-refractivity contribution in [1.29, 1.82) is 0 Å². The molecular weight excluding hydrogens is 278 g/mol. The van der Waals surface area contributed by atoms with Crippen LogP contribution in [0.25, 0.3) is 5.65 Å². The van der Waals surface area contributed by atoms with Gasteiger partial charge in [-0.2, -0.15) is 0 Å². The van der Waals surface area contributed by atoms with Crippen molar-refractivity contribution < 1.29 is 4.74 Å². The van der Waals surface area contributed by atoms with Crippen LogP contribution in [0, 0.1) is 0 Å². The van der Waals surface area contributed by atoms with Gasteiger partial charge >= 0.3 is 0 Å². The van der Waals surface area contributed by atoms with Gasteiger partial charge in [0.1, 0.15) is 18.2 Å². The molecule has 22 heavy (non-hydrogen) atoms. The average molecular weight is 295 g/mol. The number of para-hydroxylation sites is 1. The third-order valence-electron chi connectivity index (χ3n) is 3.70. The van der Waals surface area contributed by atoms with E-state index in [0.717, 1.165) is 23.0 Å². The molecule has 0 amide bonds. The summed E-state index contributed by atoms with van der Waals surface area (Å²) in [4.78, 5) is 4.35. The number of anilines is 1. The lowest BCUT2D eigenvalue weighted by Crippen LogP contribution is -2.13.